The number of cyclic esters (lactones) is 1. The summed E-state index contributed by atoms with van der Waals surface area (Å²) in [5.74, 6) is -1.43. The first kappa shape index (κ1) is 29.5. The number of epoxide rings is 1. The number of carbonyl (C=O) groups excluding carboxylic acids is 2. The number of fused-ring (bicyclic) bond motifs is 1. The van der Waals surface area contributed by atoms with E-state index >= 15 is 0 Å². The van der Waals surface area contributed by atoms with Gasteiger partial charge >= 0.3 is 5.97 Å². The third kappa shape index (κ3) is 7.27. The van der Waals surface area contributed by atoms with Gasteiger partial charge in [-0.25, -0.2) is 0 Å². The van der Waals surface area contributed by atoms with Gasteiger partial charge in [0.05, 0.1) is 41.4 Å². The highest BCUT2D eigenvalue weighted by Gasteiger charge is 2.53. The standard InChI is InChI=1S/C30H45NO6/c1-7-11-22-27(34)19(2)12-10-14-30(6)25(37-30)17-23(20(3)16-21-13-8-9-15-31-21)36-26(33)18-24(32)29(4,5)28(22)35/h8-9,13,15-16,19,22-25,27,32,34H,7,10-12,14,17-18H2,1-6H3/b20-16+/t19-,22-,23+,24+,25+,27-,30+/m1/s1. The Bertz CT molecular complexity index is 960. The first-order chi connectivity index (χ1) is 17.4. The Morgan fingerprint density at radius 1 is 1.22 bits per heavy atom. The van der Waals surface area contributed by atoms with Gasteiger partial charge in [0.2, 0.25) is 0 Å². The Kier molecular flexibility index (Phi) is 9.70. The largest absolute Gasteiger partial charge is 0.458 e. The van der Waals surface area contributed by atoms with Crippen molar-refractivity contribution in [3.8, 4) is 0 Å². The van der Waals surface area contributed by atoms with Crippen LogP contribution in [0.25, 0.3) is 6.08 Å². The molecule has 0 unspecified atom stereocenters. The minimum absolute atomic E-state index is 0.0544. The summed E-state index contributed by atoms with van der Waals surface area (Å²) in [6.45, 7) is 11.3. The zero-order chi connectivity index (χ0) is 27.4. The molecule has 3 rings (SSSR count). The first-order valence-electron chi connectivity index (χ1n) is 13.8. The Balaban J connectivity index is 1.88. The average Bonchev–Trinajstić information content (AvgIpc) is 3.49. The van der Waals surface area contributed by atoms with Crippen molar-refractivity contribution in [3.63, 3.8) is 0 Å². The smallest absolute Gasteiger partial charge is 0.309 e. The van der Waals surface area contributed by atoms with Crippen LogP contribution in [0, 0.1) is 17.3 Å². The fraction of sp³-hybridized carbons (Fsp3) is 0.700. The van der Waals surface area contributed by atoms with E-state index in [4.69, 9.17) is 9.47 Å². The van der Waals surface area contributed by atoms with Crippen molar-refractivity contribution < 1.29 is 29.3 Å². The van der Waals surface area contributed by atoms with Crippen molar-refractivity contribution in [2.24, 2.45) is 17.3 Å². The third-order valence-corrected chi connectivity index (χ3v) is 8.40. The maximum Gasteiger partial charge on any atom is 0.309 e. The molecule has 2 saturated heterocycles. The molecular formula is C30H45NO6. The average molecular weight is 516 g/mol. The number of aliphatic hydroxyl groups is 2. The van der Waals surface area contributed by atoms with Gasteiger partial charge in [-0.15, -0.1) is 0 Å². The van der Waals surface area contributed by atoms with E-state index in [-0.39, 0.29) is 29.8 Å². The topological polar surface area (TPSA) is 109 Å². The van der Waals surface area contributed by atoms with Gasteiger partial charge in [-0.1, -0.05) is 46.6 Å². The lowest BCUT2D eigenvalue weighted by molar-refractivity contribution is -0.154. The molecule has 7 nitrogen and oxygen atoms in total. The van der Waals surface area contributed by atoms with Gasteiger partial charge in [-0.3, -0.25) is 14.6 Å². The number of carbonyl (C=O) groups is 2. The van der Waals surface area contributed by atoms with Crippen molar-refractivity contribution in [2.75, 3.05) is 0 Å². The molecule has 0 aromatic carbocycles. The molecule has 3 heterocycles. The highest BCUT2D eigenvalue weighted by Crippen LogP contribution is 2.45. The maximum atomic E-state index is 13.6. The molecule has 2 N–H and O–H groups in total. The van der Waals surface area contributed by atoms with Crippen LogP contribution in [0.4, 0.5) is 0 Å². The Morgan fingerprint density at radius 3 is 2.59 bits per heavy atom. The fourth-order valence-corrected chi connectivity index (χ4v) is 5.49. The highest BCUT2D eigenvalue weighted by atomic mass is 16.6. The number of aromatic nitrogens is 1. The van der Waals surface area contributed by atoms with Crippen LogP contribution in [-0.2, 0) is 19.1 Å². The lowest BCUT2D eigenvalue weighted by Gasteiger charge is -2.36. The summed E-state index contributed by atoms with van der Waals surface area (Å²) in [5, 5.41) is 22.2. The molecule has 0 bridgehead atoms. The second-order valence-electron chi connectivity index (χ2n) is 11.8. The van der Waals surface area contributed by atoms with Gasteiger partial charge in [-0.05, 0) is 62.8 Å². The van der Waals surface area contributed by atoms with Gasteiger partial charge in [0.1, 0.15) is 11.9 Å². The van der Waals surface area contributed by atoms with Crippen LogP contribution in [0.15, 0.2) is 30.0 Å². The minimum atomic E-state index is -1.23. The number of rotatable bonds is 4. The summed E-state index contributed by atoms with van der Waals surface area (Å²) in [5.41, 5.74) is 0.0977. The second-order valence-corrected chi connectivity index (χ2v) is 11.8. The summed E-state index contributed by atoms with van der Waals surface area (Å²) < 4.78 is 12.0. The monoisotopic (exact) mass is 515 g/mol. The number of pyridine rings is 1. The summed E-state index contributed by atoms with van der Waals surface area (Å²) in [6, 6.07) is 5.63. The lowest BCUT2D eigenvalue weighted by atomic mass is 9.71. The van der Waals surface area contributed by atoms with Crippen LogP contribution in [0.1, 0.15) is 92.2 Å². The third-order valence-electron chi connectivity index (χ3n) is 8.40. The minimum Gasteiger partial charge on any atom is -0.458 e. The SMILES string of the molecule is CCC[C@H]1C(=O)C(C)(C)[C@@H](O)CC(=O)O[C@H](/C(C)=C/c2ccccn2)C[C@@H]2O[C@@]2(C)CCC[C@@H](C)[C@H]1O. The van der Waals surface area contributed by atoms with Crippen molar-refractivity contribution in [3.05, 3.63) is 35.7 Å². The Hall–Kier alpha value is -2.09. The normalized spacial score (nSPS) is 35.9. The molecule has 7 atom stereocenters. The molecular weight excluding hydrogens is 470 g/mol. The number of esters is 1. The van der Waals surface area contributed by atoms with E-state index in [0.29, 0.717) is 12.8 Å². The number of hydrogen-bond donors (Lipinski definition) is 2. The number of nitrogens with zero attached hydrogens (tertiary/aromatic N) is 1. The molecule has 0 aliphatic carbocycles. The van der Waals surface area contributed by atoms with E-state index in [9.17, 15) is 19.8 Å². The zero-order valence-electron chi connectivity index (χ0n) is 23.3. The first-order valence-corrected chi connectivity index (χ1v) is 13.8. The van der Waals surface area contributed by atoms with Gasteiger partial charge in [0, 0.05) is 18.5 Å². The van der Waals surface area contributed by atoms with Gasteiger partial charge < -0.3 is 19.7 Å². The van der Waals surface area contributed by atoms with E-state index in [0.717, 1.165) is 37.0 Å². The van der Waals surface area contributed by atoms with E-state index in [1.807, 2.05) is 45.0 Å². The number of aliphatic hydroxyl groups excluding tert-OH is 2. The molecule has 206 valence electrons. The predicted octanol–water partition coefficient (Wildman–Crippen LogP) is 4.89. The van der Waals surface area contributed by atoms with Crippen LogP contribution in [0.3, 0.4) is 0 Å². The zero-order valence-corrected chi connectivity index (χ0v) is 23.3. The molecule has 0 radical (unpaired) electrons. The molecule has 1 aromatic heterocycles. The number of hydrogen-bond acceptors (Lipinski definition) is 7. The van der Waals surface area contributed by atoms with Crippen LogP contribution >= 0.6 is 0 Å². The van der Waals surface area contributed by atoms with E-state index in [1.54, 1.807) is 20.0 Å². The molecule has 37 heavy (non-hydrogen) atoms. The maximum absolute atomic E-state index is 13.6. The summed E-state index contributed by atoms with van der Waals surface area (Å²) in [4.78, 5) is 31.0. The van der Waals surface area contributed by atoms with Crippen molar-refractivity contribution in [1.82, 2.24) is 4.98 Å². The van der Waals surface area contributed by atoms with Crippen LogP contribution in [-0.4, -0.2) is 57.0 Å². The van der Waals surface area contributed by atoms with E-state index in [2.05, 4.69) is 11.9 Å². The number of ether oxygens (including phenoxy) is 2. The van der Waals surface area contributed by atoms with Crippen molar-refractivity contribution in [2.45, 2.75) is 117 Å². The van der Waals surface area contributed by atoms with Crippen LogP contribution in [0.5, 0.6) is 0 Å². The van der Waals surface area contributed by atoms with Gasteiger partial charge in [0.15, 0.2) is 0 Å². The summed E-state index contributed by atoms with van der Waals surface area (Å²) in [7, 11) is 0. The molecule has 0 spiro atoms. The lowest BCUT2D eigenvalue weighted by Crippen LogP contribution is -2.46. The Labute approximate surface area is 221 Å². The van der Waals surface area contributed by atoms with E-state index < -0.39 is 35.6 Å². The van der Waals surface area contributed by atoms with Crippen LogP contribution in [0.2, 0.25) is 0 Å². The van der Waals surface area contributed by atoms with E-state index in [1.165, 1.54) is 0 Å². The highest BCUT2D eigenvalue weighted by molar-refractivity contribution is 5.88. The van der Waals surface area contributed by atoms with Gasteiger partial charge in [-0.2, -0.15) is 0 Å². The fourth-order valence-electron chi connectivity index (χ4n) is 5.49. The summed E-state index contributed by atoms with van der Waals surface area (Å²) in [6.07, 6.45) is 4.94. The second kappa shape index (κ2) is 12.2. The molecule has 1 aromatic rings. The molecule has 2 aliphatic heterocycles. The molecule has 2 fully saturated rings. The Morgan fingerprint density at radius 2 is 1.95 bits per heavy atom. The predicted molar refractivity (Wildman–Crippen MR) is 142 cm³/mol. The number of Topliss-reactive ketones (excluding diaryl/α,β-unsaturated/α-hetero) is 1. The van der Waals surface area contributed by atoms with Crippen molar-refractivity contribution >= 4 is 17.8 Å². The van der Waals surface area contributed by atoms with Gasteiger partial charge in [0.25, 0.3) is 0 Å². The quantitative estimate of drug-likeness (QED) is 0.434. The summed E-state index contributed by atoms with van der Waals surface area (Å²) >= 11 is 0. The molecule has 0 saturated carbocycles. The van der Waals surface area contributed by atoms with Crippen molar-refractivity contribution in [1.29, 1.82) is 0 Å². The van der Waals surface area contributed by atoms with Crippen LogP contribution < -0.4 is 0 Å². The molecule has 2 aliphatic rings. The molecule has 0 amide bonds. The number of ketones is 1. The molecule has 7 heteroatoms.